The van der Waals surface area contributed by atoms with Gasteiger partial charge in [0, 0.05) is 30.2 Å². The van der Waals surface area contributed by atoms with Gasteiger partial charge >= 0.3 is 0 Å². The number of aryl methyl sites for hydroxylation is 1. The lowest BCUT2D eigenvalue weighted by Crippen LogP contribution is -2.18. The lowest BCUT2D eigenvalue weighted by Gasteiger charge is -2.25. The molecule has 0 atom stereocenters. The molecule has 0 aliphatic rings. The summed E-state index contributed by atoms with van der Waals surface area (Å²) in [7, 11) is 1.58. The number of rotatable bonds is 10. The molecule has 3 rings (SSSR count). The maximum absolute atomic E-state index is 13.4. The van der Waals surface area contributed by atoms with E-state index in [1.807, 2.05) is 40.7 Å². The van der Waals surface area contributed by atoms with E-state index in [0.717, 1.165) is 11.1 Å². The van der Waals surface area contributed by atoms with E-state index in [9.17, 15) is 4.79 Å². The van der Waals surface area contributed by atoms with Crippen molar-refractivity contribution in [3.05, 3.63) is 34.9 Å². The highest BCUT2D eigenvalue weighted by molar-refractivity contribution is 5.98. The summed E-state index contributed by atoms with van der Waals surface area (Å²) in [5.41, 5.74) is 9.33. The highest BCUT2D eigenvalue weighted by atomic mass is 16.5. The van der Waals surface area contributed by atoms with Gasteiger partial charge in [0.1, 0.15) is 23.4 Å². The van der Waals surface area contributed by atoms with Crippen LogP contribution < -0.4 is 19.9 Å². The molecule has 0 fully saturated rings. The van der Waals surface area contributed by atoms with Crippen LogP contribution in [0, 0.1) is 6.92 Å². The van der Waals surface area contributed by atoms with E-state index in [1.54, 1.807) is 19.2 Å². The summed E-state index contributed by atoms with van der Waals surface area (Å²) in [6.07, 6.45) is 0.471. The number of methoxy groups -OCH3 is 1. The lowest BCUT2D eigenvalue weighted by molar-refractivity contribution is 0.0968. The van der Waals surface area contributed by atoms with Crippen LogP contribution in [0.2, 0.25) is 0 Å². The Morgan fingerprint density at radius 3 is 2.53 bits per heavy atom. The van der Waals surface area contributed by atoms with Gasteiger partial charge < -0.3 is 25.1 Å². The quantitative estimate of drug-likeness (QED) is 0.340. The largest absolute Gasteiger partial charge is 0.493 e. The van der Waals surface area contributed by atoms with Gasteiger partial charge in [-0.15, -0.1) is 0 Å². The molecule has 34 heavy (non-hydrogen) atoms. The van der Waals surface area contributed by atoms with Gasteiger partial charge in [-0.25, -0.2) is 9.67 Å². The van der Waals surface area contributed by atoms with Gasteiger partial charge in [0.05, 0.1) is 20.3 Å². The van der Waals surface area contributed by atoms with Crippen molar-refractivity contribution >= 4 is 22.6 Å². The third-order valence-electron chi connectivity index (χ3n) is 5.44. The van der Waals surface area contributed by atoms with Gasteiger partial charge in [-0.05, 0) is 37.0 Å². The Morgan fingerprint density at radius 1 is 1.18 bits per heavy atom. The number of ether oxygens (including phenoxy) is 3. The average molecular weight is 471 g/mol. The van der Waals surface area contributed by atoms with Gasteiger partial charge in [0.2, 0.25) is 5.88 Å². The topological polar surface area (TPSA) is 122 Å². The van der Waals surface area contributed by atoms with Gasteiger partial charge in [-0.3, -0.25) is 4.79 Å². The first-order chi connectivity index (χ1) is 16.1. The lowest BCUT2D eigenvalue weighted by atomic mass is 9.84. The van der Waals surface area contributed by atoms with Gasteiger partial charge in [-0.2, -0.15) is 5.10 Å². The second-order valence-electron chi connectivity index (χ2n) is 9.10. The number of carbonyl (C=O) groups is 1. The Morgan fingerprint density at radius 2 is 1.91 bits per heavy atom. The summed E-state index contributed by atoms with van der Waals surface area (Å²) in [5.74, 6) is 1.64. The van der Waals surface area contributed by atoms with Gasteiger partial charge in [0.25, 0.3) is 0 Å². The highest BCUT2D eigenvalue weighted by Crippen LogP contribution is 2.40. The number of pyridine rings is 1. The summed E-state index contributed by atoms with van der Waals surface area (Å²) in [5, 5.41) is 13.6. The zero-order chi connectivity index (χ0) is 25.0. The molecule has 0 aliphatic heterocycles. The molecular weight excluding hydrogens is 436 g/mol. The minimum absolute atomic E-state index is 0.0116. The van der Waals surface area contributed by atoms with E-state index in [2.05, 4.69) is 10.1 Å². The third kappa shape index (κ3) is 5.25. The molecule has 2 heterocycles. The second-order valence-corrected chi connectivity index (χ2v) is 9.10. The van der Waals surface area contributed by atoms with Crippen molar-refractivity contribution in [3.8, 4) is 17.4 Å². The number of Topliss-reactive ketones (excluding diaryl/α,β-unsaturated/α-hetero) is 1. The zero-order valence-corrected chi connectivity index (χ0v) is 20.8. The number of anilines is 1. The first-order valence-electron chi connectivity index (χ1n) is 11.4. The van der Waals surface area contributed by atoms with Crippen molar-refractivity contribution in [1.82, 2.24) is 14.8 Å². The number of nitrogen functional groups attached to an aromatic ring is 1. The van der Waals surface area contributed by atoms with Crippen LogP contribution in [0.1, 0.15) is 55.6 Å². The molecule has 9 heteroatoms. The van der Waals surface area contributed by atoms with Crippen LogP contribution in [0.4, 0.5) is 5.82 Å². The SMILES string of the molecule is CCOc1cc(C)c2nn(CC(=O)c3cc(OCCCO)c(OC)c(C(C)(C)C)c3)c(N)c2n1. The van der Waals surface area contributed by atoms with E-state index in [0.29, 0.717) is 59.4 Å². The fourth-order valence-electron chi connectivity index (χ4n) is 3.69. The molecule has 0 aliphatic carbocycles. The predicted octanol–water partition coefficient (Wildman–Crippen LogP) is 3.67. The molecule has 0 unspecified atom stereocenters. The van der Waals surface area contributed by atoms with Crippen LogP contribution in [0.15, 0.2) is 18.2 Å². The maximum Gasteiger partial charge on any atom is 0.214 e. The number of nitrogens with two attached hydrogens (primary N) is 1. The normalized spacial score (nSPS) is 11.6. The second kappa shape index (κ2) is 10.3. The summed E-state index contributed by atoms with van der Waals surface area (Å²) in [6.45, 7) is 10.7. The first-order valence-corrected chi connectivity index (χ1v) is 11.4. The van der Waals surface area contributed by atoms with Gasteiger partial charge in [0.15, 0.2) is 17.3 Å². The monoisotopic (exact) mass is 470 g/mol. The minimum Gasteiger partial charge on any atom is -0.493 e. The number of aliphatic hydroxyl groups excluding tert-OH is 1. The van der Waals surface area contributed by atoms with E-state index in [-0.39, 0.29) is 24.3 Å². The van der Waals surface area contributed by atoms with Crippen LogP contribution in [-0.2, 0) is 12.0 Å². The van der Waals surface area contributed by atoms with E-state index in [1.165, 1.54) is 4.68 Å². The number of aromatic nitrogens is 3. The summed E-state index contributed by atoms with van der Waals surface area (Å²) in [6, 6.07) is 5.31. The Bertz CT molecular complexity index is 1180. The number of hydrogen-bond acceptors (Lipinski definition) is 8. The molecule has 184 valence electrons. The molecular formula is C25H34N4O5. The number of aliphatic hydroxyl groups is 1. The molecule has 1 aromatic carbocycles. The van der Waals surface area contributed by atoms with Crippen LogP contribution in [0.25, 0.3) is 11.0 Å². The van der Waals surface area contributed by atoms with Crippen LogP contribution in [-0.4, -0.2) is 52.6 Å². The van der Waals surface area contributed by atoms with Crippen molar-refractivity contribution in [1.29, 1.82) is 0 Å². The van der Waals surface area contributed by atoms with Crippen LogP contribution in [0.3, 0.4) is 0 Å². The van der Waals surface area contributed by atoms with E-state index in [4.69, 9.17) is 25.1 Å². The number of ketones is 1. The molecule has 0 spiro atoms. The maximum atomic E-state index is 13.4. The van der Waals surface area contributed by atoms with Crippen molar-refractivity contribution < 1.29 is 24.1 Å². The average Bonchev–Trinajstić information content (AvgIpc) is 3.09. The highest BCUT2D eigenvalue weighted by Gasteiger charge is 2.26. The Kier molecular flexibility index (Phi) is 7.66. The molecule has 0 bridgehead atoms. The number of benzene rings is 1. The molecule has 2 aromatic heterocycles. The third-order valence-corrected chi connectivity index (χ3v) is 5.44. The molecule has 0 saturated heterocycles. The Balaban J connectivity index is 2.01. The van der Waals surface area contributed by atoms with Crippen molar-refractivity contribution in [2.45, 2.75) is 53.0 Å². The molecule has 3 aromatic rings. The molecule has 3 N–H and O–H groups in total. The van der Waals surface area contributed by atoms with Crippen LogP contribution in [0.5, 0.6) is 17.4 Å². The Labute approximate surface area is 199 Å². The first kappa shape index (κ1) is 25.3. The van der Waals surface area contributed by atoms with E-state index < -0.39 is 0 Å². The minimum atomic E-state index is -0.299. The molecule has 9 nitrogen and oxygen atoms in total. The van der Waals surface area contributed by atoms with Crippen molar-refractivity contribution in [2.24, 2.45) is 0 Å². The standard InChI is InChI=1S/C25H34N4O5/c1-7-33-20-11-15(2)21-22(27-20)24(26)29(28-21)14-18(31)16-12-17(25(3,4)5)23(32-6)19(13-16)34-10-8-9-30/h11-13,30H,7-10,14,26H2,1-6H3. The summed E-state index contributed by atoms with van der Waals surface area (Å²) >= 11 is 0. The summed E-state index contributed by atoms with van der Waals surface area (Å²) < 4.78 is 18.5. The predicted molar refractivity (Wildman–Crippen MR) is 131 cm³/mol. The van der Waals surface area contributed by atoms with Gasteiger partial charge in [-0.1, -0.05) is 20.8 Å². The Hall–Kier alpha value is -3.33. The number of fused-ring (bicyclic) bond motifs is 1. The fourth-order valence-corrected chi connectivity index (χ4v) is 3.69. The van der Waals surface area contributed by atoms with Crippen LogP contribution >= 0.6 is 0 Å². The van der Waals surface area contributed by atoms with Crippen molar-refractivity contribution in [2.75, 3.05) is 32.7 Å². The smallest absolute Gasteiger partial charge is 0.214 e. The zero-order valence-electron chi connectivity index (χ0n) is 20.8. The number of hydrogen-bond donors (Lipinski definition) is 2. The fraction of sp³-hybridized carbons (Fsp3) is 0.480. The molecule has 0 amide bonds. The van der Waals surface area contributed by atoms with E-state index >= 15 is 0 Å². The summed E-state index contributed by atoms with van der Waals surface area (Å²) in [4.78, 5) is 17.8. The van der Waals surface area contributed by atoms with Crippen molar-refractivity contribution in [3.63, 3.8) is 0 Å². The molecule has 0 saturated carbocycles. The number of nitrogens with zero attached hydrogens (tertiary/aromatic N) is 3. The number of carbonyl (C=O) groups excluding carboxylic acids is 1. The molecule has 0 radical (unpaired) electrons.